The molecule has 268 valence electrons. The van der Waals surface area contributed by atoms with E-state index in [1.807, 2.05) is 0 Å². The number of aromatic nitrogens is 1. The van der Waals surface area contributed by atoms with Gasteiger partial charge >= 0.3 is 11.9 Å². The second kappa shape index (κ2) is 13.0. The summed E-state index contributed by atoms with van der Waals surface area (Å²) in [4.78, 5) is 26.4. The fourth-order valence-electron chi connectivity index (χ4n) is 13.3. The fourth-order valence-corrected chi connectivity index (χ4v) is 13.3. The summed E-state index contributed by atoms with van der Waals surface area (Å²) in [6.45, 7) is 22.0. The van der Waals surface area contributed by atoms with E-state index < -0.39 is 0 Å². The van der Waals surface area contributed by atoms with Crippen LogP contribution in [0.2, 0.25) is 0 Å². The molecular weight excluding hydrogens is 664 g/mol. The molecule has 5 aliphatic rings. The summed E-state index contributed by atoms with van der Waals surface area (Å²) in [5.74, 6) is 2.41. The predicted octanol–water partition coefficient (Wildman–Crippen LogP) is 8.75. The summed E-state index contributed by atoms with van der Waals surface area (Å²) < 4.78 is 14.2. The zero-order valence-electron chi connectivity index (χ0n) is 31.4. The van der Waals surface area contributed by atoms with E-state index >= 15 is 0 Å². The van der Waals surface area contributed by atoms with Crippen LogP contribution in [0.15, 0.2) is 36.7 Å². The van der Waals surface area contributed by atoms with Gasteiger partial charge in [0.25, 0.3) is 0 Å². The Hall–Kier alpha value is -1.89. The van der Waals surface area contributed by atoms with Crippen molar-refractivity contribution in [3.8, 4) is 0 Å². The fraction of sp³-hybridized carbons (Fsp3) is 0.780. The van der Waals surface area contributed by atoms with Gasteiger partial charge in [0, 0.05) is 56.6 Å². The number of halogens is 1. The molecule has 5 fully saturated rings. The molecule has 0 radical (unpaired) electrons. The van der Waals surface area contributed by atoms with Gasteiger partial charge in [0.05, 0.1) is 6.61 Å². The summed E-state index contributed by atoms with van der Waals surface area (Å²) in [7, 11) is 4.16. The molecule has 4 unspecified atom stereocenters. The summed E-state index contributed by atoms with van der Waals surface area (Å²) in [5.41, 5.74) is 3.24. The van der Waals surface area contributed by atoms with Crippen LogP contribution in [0.25, 0.3) is 0 Å². The smallest absolute Gasteiger partial charge is 0.302 e. The zero-order chi connectivity index (χ0) is 34.2. The van der Waals surface area contributed by atoms with Crippen LogP contribution in [0.1, 0.15) is 113 Å². The van der Waals surface area contributed by atoms with Gasteiger partial charge < -0.3 is 14.4 Å². The SMILES string of the molecule is Br.C=C(C[n+]1ccc(N(C)C)cc1)[C@@H]1CC[C@]2(COC(C)=O)CC[C@]3(C)C(CCC4[C@@]5(C)CC[C@@H](OC(C)=O)C(C)(C)C5CC[C@]43C)C12. The van der Waals surface area contributed by atoms with Crippen molar-refractivity contribution in [1.82, 2.24) is 0 Å². The minimum Gasteiger partial charge on any atom is -0.465 e. The summed E-state index contributed by atoms with van der Waals surface area (Å²) in [6.07, 6.45) is 16.1. The third-order valence-electron chi connectivity index (χ3n) is 15.7. The monoisotopic (exact) mass is 727 g/mol. The number of hydrogen-bond acceptors (Lipinski definition) is 5. The van der Waals surface area contributed by atoms with Crippen molar-refractivity contribution in [1.29, 1.82) is 0 Å². The number of hydrogen-bond donors (Lipinski definition) is 0. The summed E-state index contributed by atoms with van der Waals surface area (Å²) in [6, 6.07) is 4.37. The van der Waals surface area contributed by atoms with Gasteiger partial charge in [0.1, 0.15) is 6.10 Å². The number of carbonyl (C=O) groups excluding carboxylic acids is 2. The number of allylic oxidation sites excluding steroid dienone is 1. The molecule has 10 atom stereocenters. The summed E-state index contributed by atoms with van der Waals surface area (Å²) in [5, 5.41) is 0. The molecule has 1 heterocycles. The van der Waals surface area contributed by atoms with Gasteiger partial charge in [-0.25, -0.2) is 4.57 Å². The van der Waals surface area contributed by atoms with E-state index in [0.717, 1.165) is 38.6 Å². The number of fused-ring (bicyclic) bond motifs is 7. The number of rotatable bonds is 7. The van der Waals surface area contributed by atoms with Crippen molar-refractivity contribution >= 4 is 34.6 Å². The lowest BCUT2D eigenvalue weighted by Gasteiger charge is -2.73. The molecular formula is C41H64BrN2O4+. The van der Waals surface area contributed by atoms with Gasteiger partial charge in [-0.2, -0.15) is 0 Å². The van der Waals surface area contributed by atoms with E-state index in [1.54, 1.807) is 13.8 Å². The molecule has 0 aliphatic heterocycles. The van der Waals surface area contributed by atoms with Crippen LogP contribution in [0, 0.1) is 56.7 Å². The number of esters is 2. The third kappa shape index (κ3) is 5.78. The van der Waals surface area contributed by atoms with Gasteiger partial charge in [-0.15, -0.1) is 17.0 Å². The lowest BCUT2D eigenvalue weighted by atomic mass is 9.32. The molecule has 5 aliphatic carbocycles. The van der Waals surface area contributed by atoms with E-state index in [2.05, 4.69) is 82.7 Å². The predicted molar refractivity (Wildman–Crippen MR) is 197 cm³/mol. The Bertz CT molecular complexity index is 1390. The molecule has 48 heavy (non-hydrogen) atoms. The Labute approximate surface area is 301 Å². The molecule has 0 spiro atoms. The highest BCUT2D eigenvalue weighted by Crippen LogP contribution is 2.77. The highest BCUT2D eigenvalue weighted by atomic mass is 79.9. The molecule has 0 amide bonds. The molecule has 5 saturated carbocycles. The van der Waals surface area contributed by atoms with Gasteiger partial charge in [-0.3, -0.25) is 9.59 Å². The molecule has 0 aromatic carbocycles. The number of carbonyl (C=O) groups is 2. The highest BCUT2D eigenvalue weighted by molar-refractivity contribution is 8.93. The molecule has 0 bridgehead atoms. The van der Waals surface area contributed by atoms with Crippen LogP contribution in [0.3, 0.4) is 0 Å². The lowest BCUT2D eigenvalue weighted by Crippen LogP contribution is -2.67. The third-order valence-corrected chi connectivity index (χ3v) is 15.7. The topological polar surface area (TPSA) is 59.7 Å². The average Bonchev–Trinajstić information content (AvgIpc) is 3.38. The van der Waals surface area contributed by atoms with Crippen LogP contribution in [-0.2, 0) is 25.6 Å². The number of ether oxygens (including phenoxy) is 2. The van der Waals surface area contributed by atoms with E-state index in [-0.39, 0.29) is 62.1 Å². The van der Waals surface area contributed by atoms with Gasteiger partial charge in [-0.1, -0.05) is 41.2 Å². The highest BCUT2D eigenvalue weighted by Gasteiger charge is 2.71. The van der Waals surface area contributed by atoms with E-state index in [0.29, 0.717) is 36.2 Å². The van der Waals surface area contributed by atoms with Crippen LogP contribution >= 0.6 is 17.0 Å². The van der Waals surface area contributed by atoms with Crippen molar-refractivity contribution in [2.24, 2.45) is 56.7 Å². The van der Waals surface area contributed by atoms with Crippen LogP contribution in [0.5, 0.6) is 0 Å². The first-order valence-corrected chi connectivity index (χ1v) is 18.6. The van der Waals surface area contributed by atoms with Crippen LogP contribution in [0.4, 0.5) is 5.69 Å². The van der Waals surface area contributed by atoms with Crippen molar-refractivity contribution in [3.63, 3.8) is 0 Å². The first-order valence-electron chi connectivity index (χ1n) is 18.6. The molecule has 0 N–H and O–H groups in total. The first-order chi connectivity index (χ1) is 22.0. The van der Waals surface area contributed by atoms with E-state index in [9.17, 15) is 9.59 Å². The number of anilines is 1. The van der Waals surface area contributed by atoms with Crippen molar-refractivity contribution in [3.05, 3.63) is 36.7 Å². The zero-order valence-corrected chi connectivity index (χ0v) is 33.1. The quantitative estimate of drug-likeness (QED) is 0.160. The largest absolute Gasteiger partial charge is 0.465 e. The van der Waals surface area contributed by atoms with Gasteiger partial charge in [-0.05, 0) is 116 Å². The Morgan fingerprint density at radius 2 is 1.54 bits per heavy atom. The lowest BCUT2D eigenvalue weighted by molar-refractivity contribution is -0.689. The number of nitrogens with zero attached hydrogens (tertiary/aromatic N) is 2. The van der Waals surface area contributed by atoms with Gasteiger partial charge in [0.2, 0.25) is 0 Å². The van der Waals surface area contributed by atoms with Crippen molar-refractivity contribution in [2.45, 2.75) is 125 Å². The standard InChI is InChI=1S/C41H63N2O4.BrH/c1-27(25-43-23-16-30(17-24-43)42(9)10)31-13-20-41(26-46-28(2)44)22-21-39(7)32(36(31)41)11-12-34-38(6)18-15-35(47-29(3)45)37(4,5)33(38)14-19-40(34,39)8;/h16-17,23-24,31-36H,1,11-15,18-22,25-26H2,2-10H3;1H/q+1;/t31-,32?,33?,34?,35+,36?,38-,39+,40+,41+;/m0./s1. The Balaban J connectivity index is 0.00000451. The second-order valence-electron chi connectivity index (χ2n) is 18.2. The molecule has 7 heteroatoms. The maximum absolute atomic E-state index is 12.2. The Morgan fingerprint density at radius 1 is 0.854 bits per heavy atom. The van der Waals surface area contributed by atoms with Crippen molar-refractivity contribution in [2.75, 3.05) is 25.6 Å². The maximum atomic E-state index is 12.2. The maximum Gasteiger partial charge on any atom is 0.302 e. The normalized spacial score (nSPS) is 40.9. The molecule has 6 nitrogen and oxygen atoms in total. The van der Waals surface area contributed by atoms with Crippen LogP contribution in [-0.4, -0.2) is 38.7 Å². The molecule has 1 aromatic heterocycles. The van der Waals surface area contributed by atoms with E-state index in [1.165, 1.54) is 43.4 Å². The summed E-state index contributed by atoms with van der Waals surface area (Å²) >= 11 is 0. The molecule has 1 aromatic rings. The second-order valence-corrected chi connectivity index (χ2v) is 18.2. The number of pyridine rings is 1. The van der Waals surface area contributed by atoms with E-state index in [4.69, 9.17) is 16.1 Å². The minimum absolute atomic E-state index is 0. The minimum atomic E-state index is -0.154. The Morgan fingerprint density at radius 3 is 2.17 bits per heavy atom. The van der Waals surface area contributed by atoms with Crippen molar-refractivity contribution < 1.29 is 23.6 Å². The molecule has 6 rings (SSSR count). The average molecular weight is 729 g/mol. The van der Waals surface area contributed by atoms with Gasteiger partial charge in [0.15, 0.2) is 18.9 Å². The first kappa shape index (κ1) is 37.4. The Kier molecular flexibility index (Phi) is 10.1. The van der Waals surface area contributed by atoms with Crippen LogP contribution < -0.4 is 9.47 Å². The molecule has 0 saturated heterocycles.